The zero-order valence-corrected chi connectivity index (χ0v) is 28.6. The first-order valence-corrected chi connectivity index (χ1v) is 17.9. The number of aromatic nitrogens is 2. The minimum atomic E-state index is -0.0252. The van der Waals surface area contributed by atoms with Gasteiger partial charge in [-0.25, -0.2) is 0 Å². The van der Waals surface area contributed by atoms with Gasteiger partial charge >= 0.3 is 0 Å². The zero-order valence-electron chi connectivity index (χ0n) is 28.6. The van der Waals surface area contributed by atoms with Crippen LogP contribution in [0.4, 0.5) is 0 Å². The van der Waals surface area contributed by atoms with Crippen molar-refractivity contribution in [1.29, 1.82) is 0 Å². The first-order valence-electron chi connectivity index (χ1n) is 17.9. The summed E-state index contributed by atoms with van der Waals surface area (Å²) in [4.78, 5) is 0. The molecular weight excluding hydrogens is 617 g/mol. The van der Waals surface area contributed by atoms with Crippen molar-refractivity contribution in [2.75, 3.05) is 0 Å². The maximum atomic E-state index is 2.47. The predicted molar refractivity (Wildman–Crippen MR) is 216 cm³/mol. The Balaban J connectivity index is 1.18. The van der Waals surface area contributed by atoms with Gasteiger partial charge in [0.1, 0.15) is 0 Å². The normalized spacial score (nSPS) is 13.5. The van der Waals surface area contributed by atoms with E-state index in [1.54, 1.807) is 0 Å². The van der Waals surface area contributed by atoms with E-state index in [0.717, 1.165) is 5.69 Å². The van der Waals surface area contributed by atoms with Gasteiger partial charge in [0.05, 0.1) is 22.1 Å². The molecule has 0 amide bonds. The van der Waals surface area contributed by atoms with Crippen LogP contribution in [-0.2, 0) is 5.41 Å². The van der Waals surface area contributed by atoms with Gasteiger partial charge in [0.15, 0.2) is 0 Å². The Morgan fingerprint density at radius 2 is 1.02 bits per heavy atom. The highest BCUT2D eigenvalue weighted by atomic mass is 15.0. The summed E-state index contributed by atoms with van der Waals surface area (Å²) in [6.07, 6.45) is 0. The molecule has 2 nitrogen and oxygen atoms in total. The van der Waals surface area contributed by atoms with E-state index in [2.05, 4.69) is 193 Å². The molecule has 2 heterocycles. The van der Waals surface area contributed by atoms with Crippen molar-refractivity contribution in [2.45, 2.75) is 19.3 Å². The summed E-state index contributed by atoms with van der Waals surface area (Å²) in [6.45, 7) is 4.70. The molecule has 0 N–H and O–H groups in total. The molecule has 51 heavy (non-hydrogen) atoms. The van der Waals surface area contributed by atoms with Crippen LogP contribution in [0.15, 0.2) is 170 Å². The fraction of sp³-hybridized carbons (Fsp3) is 0.0612. The third-order valence-electron chi connectivity index (χ3n) is 11.5. The highest BCUT2D eigenvalue weighted by molar-refractivity contribution is 6.25. The maximum absolute atomic E-state index is 2.47. The van der Waals surface area contributed by atoms with Gasteiger partial charge in [0.25, 0.3) is 0 Å². The monoisotopic (exact) mass is 650 g/mol. The molecule has 1 aliphatic carbocycles. The fourth-order valence-electron chi connectivity index (χ4n) is 9.17. The largest absolute Gasteiger partial charge is 0.309 e. The number of fused-ring (bicyclic) bond motifs is 11. The molecule has 0 atom stereocenters. The predicted octanol–water partition coefficient (Wildman–Crippen LogP) is 13.0. The minimum absolute atomic E-state index is 0.0252. The summed E-state index contributed by atoms with van der Waals surface area (Å²) in [5.74, 6) is 0. The van der Waals surface area contributed by atoms with E-state index in [-0.39, 0.29) is 5.41 Å². The van der Waals surface area contributed by atoms with E-state index in [0.29, 0.717) is 0 Å². The highest BCUT2D eigenvalue weighted by Gasteiger charge is 2.36. The molecule has 0 unspecified atom stereocenters. The van der Waals surface area contributed by atoms with Gasteiger partial charge in [-0.2, -0.15) is 0 Å². The van der Waals surface area contributed by atoms with Crippen LogP contribution in [0.2, 0.25) is 0 Å². The minimum Gasteiger partial charge on any atom is -0.309 e. The molecule has 0 fully saturated rings. The van der Waals surface area contributed by atoms with Crippen LogP contribution in [-0.4, -0.2) is 9.13 Å². The lowest BCUT2D eigenvalue weighted by Crippen LogP contribution is -2.14. The van der Waals surface area contributed by atoms with Crippen molar-refractivity contribution in [3.8, 4) is 33.6 Å². The van der Waals surface area contributed by atoms with Crippen LogP contribution in [0.3, 0.4) is 0 Å². The second-order valence-corrected chi connectivity index (χ2v) is 14.5. The molecule has 2 heteroatoms. The van der Waals surface area contributed by atoms with E-state index in [4.69, 9.17) is 0 Å². The summed E-state index contributed by atoms with van der Waals surface area (Å²) >= 11 is 0. The summed E-state index contributed by atoms with van der Waals surface area (Å²) < 4.78 is 4.90. The van der Waals surface area contributed by atoms with Gasteiger partial charge in [0.2, 0.25) is 0 Å². The Bertz CT molecular complexity index is 3030. The van der Waals surface area contributed by atoms with Crippen LogP contribution in [0.25, 0.3) is 88.0 Å². The van der Waals surface area contributed by atoms with Gasteiger partial charge in [-0.1, -0.05) is 135 Å². The number of benzene rings is 8. The summed E-state index contributed by atoms with van der Waals surface area (Å²) in [5.41, 5.74) is 15.2. The van der Waals surface area contributed by atoms with Crippen LogP contribution in [0.5, 0.6) is 0 Å². The third kappa shape index (κ3) is 3.88. The van der Waals surface area contributed by atoms with Gasteiger partial charge in [-0.3, -0.25) is 0 Å². The molecule has 2 aromatic heterocycles. The molecule has 0 bridgehead atoms. The van der Waals surface area contributed by atoms with Crippen molar-refractivity contribution in [3.05, 3.63) is 181 Å². The van der Waals surface area contributed by atoms with Crippen molar-refractivity contribution in [1.82, 2.24) is 9.13 Å². The molecule has 0 saturated heterocycles. The molecule has 1 aliphatic rings. The van der Waals surface area contributed by atoms with E-state index < -0.39 is 0 Å². The standard InChI is InChI=1S/C49H34N2/c1-49(2)41-20-10-8-18-38(41)47-35(19-12-21-42(47)49)32-23-26-34(27-24-32)51-44-28-25-31-13-6-7-16-36(31)48(44)40-30-45-39(29-46(40)51)37-17-9-11-22-43(37)50(45)33-14-4-3-5-15-33/h3-30H,1-2H3. The molecule has 0 radical (unpaired) electrons. The molecule has 0 aliphatic heterocycles. The molecule has 0 saturated carbocycles. The maximum Gasteiger partial charge on any atom is 0.0549 e. The Hall–Kier alpha value is -6.38. The number of rotatable bonds is 3. The Labute approximate surface area is 296 Å². The summed E-state index contributed by atoms with van der Waals surface area (Å²) in [7, 11) is 0. The van der Waals surface area contributed by atoms with Gasteiger partial charge in [-0.15, -0.1) is 0 Å². The molecule has 10 aromatic rings. The quantitative estimate of drug-likeness (QED) is 0.180. The van der Waals surface area contributed by atoms with Crippen molar-refractivity contribution in [2.24, 2.45) is 0 Å². The second kappa shape index (κ2) is 10.3. The summed E-state index contributed by atoms with van der Waals surface area (Å²) in [5, 5.41) is 7.60. The Morgan fingerprint density at radius 3 is 1.88 bits per heavy atom. The van der Waals surface area contributed by atoms with Gasteiger partial charge < -0.3 is 9.13 Å². The zero-order chi connectivity index (χ0) is 33.8. The lowest BCUT2D eigenvalue weighted by molar-refractivity contribution is 0.660. The number of hydrogen-bond acceptors (Lipinski definition) is 0. The van der Waals surface area contributed by atoms with Gasteiger partial charge in [-0.05, 0) is 92.7 Å². The fourth-order valence-corrected chi connectivity index (χ4v) is 9.17. The molecule has 0 spiro atoms. The Kier molecular flexibility index (Phi) is 5.76. The van der Waals surface area contributed by atoms with Crippen LogP contribution in [0, 0.1) is 0 Å². The lowest BCUT2D eigenvalue weighted by Gasteiger charge is -2.21. The smallest absolute Gasteiger partial charge is 0.0549 e. The molecule has 11 rings (SSSR count). The average molecular weight is 651 g/mol. The molecule has 8 aromatic carbocycles. The topological polar surface area (TPSA) is 9.86 Å². The van der Waals surface area contributed by atoms with Crippen LogP contribution >= 0.6 is 0 Å². The van der Waals surface area contributed by atoms with E-state index in [1.165, 1.54) is 93.5 Å². The van der Waals surface area contributed by atoms with Crippen molar-refractivity contribution >= 4 is 54.4 Å². The van der Waals surface area contributed by atoms with E-state index >= 15 is 0 Å². The SMILES string of the molecule is CC1(C)c2ccccc2-c2c(-c3ccc(-n4c5cc6c7ccccc7n(-c7ccccc7)c6cc5c5c6ccccc6ccc54)cc3)cccc21. The second-order valence-electron chi connectivity index (χ2n) is 14.5. The Morgan fingerprint density at radius 1 is 0.392 bits per heavy atom. The lowest BCUT2D eigenvalue weighted by atomic mass is 9.82. The van der Waals surface area contributed by atoms with Crippen LogP contribution < -0.4 is 0 Å². The first-order chi connectivity index (χ1) is 25.1. The molecule has 240 valence electrons. The van der Waals surface area contributed by atoms with Crippen LogP contribution in [0.1, 0.15) is 25.0 Å². The number of para-hydroxylation sites is 2. The van der Waals surface area contributed by atoms with E-state index in [1.807, 2.05) is 0 Å². The third-order valence-corrected chi connectivity index (χ3v) is 11.5. The number of hydrogen-bond donors (Lipinski definition) is 0. The first kappa shape index (κ1) is 28.5. The number of nitrogens with zero attached hydrogens (tertiary/aromatic N) is 2. The highest BCUT2D eigenvalue weighted by Crippen LogP contribution is 2.52. The van der Waals surface area contributed by atoms with Gasteiger partial charge in [0, 0.05) is 38.3 Å². The summed E-state index contributed by atoms with van der Waals surface area (Å²) in [6, 6.07) is 62.8. The average Bonchev–Trinajstić information content (AvgIpc) is 3.77. The molecular formula is C49H34N2. The van der Waals surface area contributed by atoms with Crippen molar-refractivity contribution in [3.63, 3.8) is 0 Å². The van der Waals surface area contributed by atoms with Crippen molar-refractivity contribution < 1.29 is 0 Å². The van der Waals surface area contributed by atoms with E-state index in [9.17, 15) is 0 Å².